The smallest absolute Gasteiger partial charge is 0.165 e. The molecule has 0 atom stereocenters. The predicted molar refractivity (Wildman–Crippen MR) is 83.7 cm³/mol. The molecule has 0 saturated carbocycles. The molecule has 0 bridgehead atoms. The maximum absolute atomic E-state index is 13.5. The molecule has 0 spiro atoms. The van der Waals surface area contributed by atoms with Gasteiger partial charge in [0.25, 0.3) is 0 Å². The minimum Gasteiger partial charge on any atom is -0.486 e. The Morgan fingerprint density at radius 1 is 1.00 bits per heavy atom. The molecule has 0 fully saturated rings. The Bertz CT molecular complexity index is 569. The second-order valence-electron chi connectivity index (χ2n) is 5.51. The van der Waals surface area contributed by atoms with E-state index in [9.17, 15) is 4.39 Å². The summed E-state index contributed by atoms with van der Waals surface area (Å²) in [5.41, 5.74) is 2.27. The van der Waals surface area contributed by atoms with Crippen molar-refractivity contribution in [1.82, 2.24) is 5.32 Å². The number of hydrogen-bond donors (Lipinski definition) is 1. The maximum Gasteiger partial charge on any atom is 0.165 e. The van der Waals surface area contributed by atoms with Gasteiger partial charge in [-0.15, -0.1) is 0 Å². The van der Waals surface area contributed by atoms with Crippen molar-refractivity contribution >= 4 is 0 Å². The third-order valence-electron chi connectivity index (χ3n) is 3.21. The quantitative estimate of drug-likeness (QED) is 0.826. The van der Waals surface area contributed by atoms with Crippen LogP contribution in [-0.2, 0) is 13.2 Å². The van der Waals surface area contributed by atoms with Gasteiger partial charge in [0.15, 0.2) is 11.6 Å². The minimum absolute atomic E-state index is 0.294. The Labute approximate surface area is 126 Å². The molecule has 0 amide bonds. The topological polar surface area (TPSA) is 21.3 Å². The molecule has 112 valence electrons. The number of hydrogen-bond acceptors (Lipinski definition) is 2. The summed E-state index contributed by atoms with van der Waals surface area (Å²) >= 11 is 0. The van der Waals surface area contributed by atoms with Gasteiger partial charge in [-0.3, -0.25) is 0 Å². The van der Waals surface area contributed by atoms with E-state index < -0.39 is 0 Å². The summed E-state index contributed by atoms with van der Waals surface area (Å²) in [5, 5.41) is 3.42. The molecule has 0 saturated heterocycles. The maximum atomic E-state index is 13.5. The highest BCUT2D eigenvalue weighted by Crippen LogP contribution is 2.18. The summed E-state index contributed by atoms with van der Waals surface area (Å²) in [4.78, 5) is 0. The van der Waals surface area contributed by atoms with Crippen molar-refractivity contribution in [3.05, 3.63) is 65.5 Å². The van der Waals surface area contributed by atoms with Crippen molar-refractivity contribution in [3.63, 3.8) is 0 Å². The van der Waals surface area contributed by atoms with Gasteiger partial charge in [0.1, 0.15) is 6.61 Å². The zero-order valence-electron chi connectivity index (χ0n) is 12.6. The van der Waals surface area contributed by atoms with Crippen molar-refractivity contribution in [1.29, 1.82) is 0 Å². The lowest BCUT2D eigenvalue weighted by Crippen LogP contribution is -2.20. The first-order valence-electron chi connectivity index (χ1n) is 7.31. The second-order valence-corrected chi connectivity index (χ2v) is 5.51. The summed E-state index contributed by atoms with van der Waals surface area (Å²) in [6.07, 6.45) is 0. The lowest BCUT2D eigenvalue weighted by Gasteiger charge is -2.13. The third-order valence-corrected chi connectivity index (χ3v) is 3.21. The molecule has 0 radical (unpaired) electrons. The molecule has 1 N–H and O–H groups in total. The summed E-state index contributed by atoms with van der Waals surface area (Å²) in [5.74, 6) is 0.585. The van der Waals surface area contributed by atoms with Gasteiger partial charge in [-0.1, -0.05) is 50.2 Å². The van der Waals surface area contributed by atoms with E-state index in [0.29, 0.717) is 18.3 Å². The fourth-order valence-electron chi connectivity index (χ4n) is 2.08. The monoisotopic (exact) mass is 287 g/mol. The lowest BCUT2D eigenvalue weighted by molar-refractivity contribution is 0.289. The number of halogens is 1. The summed E-state index contributed by atoms with van der Waals surface area (Å²) in [6.45, 7) is 6.51. The van der Waals surface area contributed by atoms with E-state index >= 15 is 0 Å². The van der Waals surface area contributed by atoms with Crippen molar-refractivity contribution in [3.8, 4) is 5.75 Å². The average molecular weight is 287 g/mol. The molecule has 0 heterocycles. The van der Waals surface area contributed by atoms with Crippen LogP contribution in [0.15, 0.2) is 48.5 Å². The molecule has 2 aromatic rings. The first kappa shape index (κ1) is 15.5. The highest BCUT2D eigenvalue weighted by Gasteiger charge is 2.05. The van der Waals surface area contributed by atoms with Gasteiger partial charge in [-0.2, -0.15) is 0 Å². The molecule has 0 aliphatic rings. The molecule has 0 aliphatic heterocycles. The van der Waals surface area contributed by atoms with Gasteiger partial charge >= 0.3 is 0 Å². The summed E-state index contributed by atoms with van der Waals surface area (Å²) in [6, 6.07) is 14.6. The third kappa shape index (κ3) is 4.87. The van der Waals surface area contributed by atoms with E-state index in [2.05, 4.69) is 25.2 Å². The number of nitrogens with one attached hydrogen (secondary N) is 1. The molecule has 0 unspecified atom stereocenters. The fraction of sp³-hybridized carbons (Fsp3) is 0.333. The van der Waals surface area contributed by atoms with Gasteiger partial charge < -0.3 is 10.1 Å². The SMILES string of the molecule is CC(C)CNCc1ccccc1COc1ccccc1F. The van der Waals surface area contributed by atoms with Crippen LogP contribution in [0, 0.1) is 11.7 Å². The second kappa shape index (κ2) is 7.79. The molecule has 0 aromatic heterocycles. The number of benzene rings is 2. The van der Waals surface area contributed by atoms with Crippen LogP contribution >= 0.6 is 0 Å². The van der Waals surface area contributed by atoms with Crippen LogP contribution in [0.1, 0.15) is 25.0 Å². The van der Waals surface area contributed by atoms with Crippen LogP contribution in [0.5, 0.6) is 5.75 Å². The zero-order valence-corrected chi connectivity index (χ0v) is 12.6. The summed E-state index contributed by atoms with van der Waals surface area (Å²) in [7, 11) is 0. The molecule has 2 nitrogen and oxygen atoms in total. The van der Waals surface area contributed by atoms with E-state index in [1.165, 1.54) is 11.6 Å². The van der Waals surface area contributed by atoms with Crippen LogP contribution < -0.4 is 10.1 Å². The van der Waals surface area contributed by atoms with Gasteiger partial charge in [0, 0.05) is 6.54 Å². The fourth-order valence-corrected chi connectivity index (χ4v) is 2.08. The Morgan fingerprint density at radius 2 is 1.67 bits per heavy atom. The van der Waals surface area contributed by atoms with Crippen molar-refractivity contribution in [2.75, 3.05) is 6.54 Å². The first-order valence-corrected chi connectivity index (χ1v) is 7.31. The van der Waals surface area contributed by atoms with Crippen molar-refractivity contribution in [2.45, 2.75) is 27.0 Å². The highest BCUT2D eigenvalue weighted by atomic mass is 19.1. The van der Waals surface area contributed by atoms with Gasteiger partial charge in [-0.25, -0.2) is 4.39 Å². The van der Waals surface area contributed by atoms with E-state index in [1.54, 1.807) is 18.2 Å². The highest BCUT2D eigenvalue weighted by molar-refractivity contribution is 5.28. The lowest BCUT2D eigenvalue weighted by atomic mass is 10.1. The number of para-hydroxylation sites is 1. The van der Waals surface area contributed by atoms with Crippen LogP contribution in [0.4, 0.5) is 4.39 Å². The molecule has 0 aliphatic carbocycles. The largest absolute Gasteiger partial charge is 0.486 e. The number of rotatable bonds is 7. The molecule has 3 heteroatoms. The van der Waals surface area contributed by atoms with Crippen molar-refractivity contribution < 1.29 is 9.13 Å². The van der Waals surface area contributed by atoms with E-state index in [4.69, 9.17) is 4.74 Å². The normalized spacial score (nSPS) is 10.9. The summed E-state index contributed by atoms with van der Waals surface area (Å²) < 4.78 is 19.1. The Balaban J connectivity index is 1.98. The molecule has 21 heavy (non-hydrogen) atoms. The molecular weight excluding hydrogens is 265 g/mol. The van der Waals surface area contributed by atoms with E-state index in [1.807, 2.05) is 18.2 Å². The standard InChI is InChI=1S/C18H22FNO/c1-14(2)11-20-12-15-7-3-4-8-16(15)13-21-18-10-6-5-9-17(18)19/h3-10,14,20H,11-13H2,1-2H3. The van der Waals surface area contributed by atoms with Gasteiger partial charge in [0.05, 0.1) is 0 Å². The van der Waals surface area contributed by atoms with Crippen LogP contribution in [0.25, 0.3) is 0 Å². The van der Waals surface area contributed by atoms with E-state index in [-0.39, 0.29) is 5.82 Å². The average Bonchev–Trinajstić information content (AvgIpc) is 2.47. The van der Waals surface area contributed by atoms with E-state index in [0.717, 1.165) is 18.7 Å². The zero-order chi connectivity index (χ0) is 15.1. The molecule has 2 aromatic carbocycles. The molecular formula is C18H22FNO. The Hall–Kier alpha value is -1.87. The molecule has 2 rings (SSSR count). The van der Waals surface area contributed by atoms with Crippen LogP contribution in [0.3, 0.4) is 0 Å². The Morgan fingerprint density at radius 3 is 2.38 bits per heavy atom. The minimum atomic E-state index is -0.326. The van der Waals surface area contributed by atoms with Gasteiger partial charge in [-0.05, 0) is 35.7 Å². The van der Waals surface area contributed by atoms with Crippen LogP contribution in [0.2, 0.25) is 0 Å². The van der Waals surface area contributed by atoms with Gasteiger partial charge in [0.2, 0.25) is 0 Å². The van der Waals surface area contributed by atoms with Crippen molar-refractivity contribution in [2.24, 2.45) is 5.92 Å². The number of ether oxygens (including phenoxy) is 1. The first-order chi connectivity index (χ1) is 10.2. The Kier molecular flexibility index (Phi) is 5.76. The predicted octanol–water partition coefficient (Wildman–Crippen LogP) is 4.15. The van der Waals surface area contributed by atoms with Crippen LogP contribution in [-0.4, -0.2) is 6.54 Å².